The third-order valence-electron chi connectivity index (χ3n) is 3.39. The highest BCUT2D eigenvalue weighted by Crippen LogP contribution is 2.25. The van der Waals surface area contributed by atoms with Crippen LogP contribution in [0.1, 0.15) is 28.4 Å². The smallest absolute Gasteiger partial charge is 0.126 e. The maximum atomic E-state index is 13.3. The van der Waals surface area contributed by atoms with Crippen LogP contribution < -0.4 is 5.32 Å². The fraction of sp³-hybridized carbons (Fsp3) is 0.357. The molecule has 1 heterocycles. The van der Waals surface area contributed by atoms with E-state index in [1.54, 1.807) is 6.92 Å². The number of aromatic nitrogens is 2. The van der Waals surface area contributed by atoms with E-state index in [1.165, 1.54) is 6.07 Å². The summed E-state index contributed by atoms with van der Waals surface area (Å²) < 4.78 is 15.2. The maximum Gasteiger partial charge on any atom is 0.126 e. The normalized spacial score (nSPS) is 12.7. The molecule has 96 valence electrons. The van der Waals surface area contributed by atoms with Crippen LogP contribution in [0.15, 0.2) is 24.4 Å². The highest BCUT2D eigenvalue weighted by Gasteiger charge is 2.17. The number of hydrogen-bond acceptors (Lipinski definition) is 2. The molecule has 1 aromatic heterocycles. The van der Waals surface area contributed by atoms with Gasteiger partial charge in [-0.25, -0.2) is 4.39 Å². The quantitative estimate of drug-likeness (QED) is 0.903. The molecule has 2 aromatic rings. The van der Waals surface area contributed by atoms with Crippen LogP contribution in [-0.4, -0.2) is 16.8 Å². The predicted molar refractivity (Wildman–Crippen MR) is 70.0 cm³/mol. The van der Waals surface area contributed by atoms with Gasteiger partial charge in [0, 0.05) is 18.3 Å². The van der Waals surface area contributed by atoms with Gasteiger partial charge in [0.15, 0.2) is 0 Å². The standard InChI is InChI=1S/C14H18FN3/c1-9-7-11(5-6-13(9)15)14(16-3)12-8-17-18(4)10(12)2/h5-8,14,16H,1-4H3. The van der Waals surface area contributed by atoms with Gasteiger partial charge in [-0.15, -0.1) is 0 Å². The van der Waals surface area contributed by atoms with Crippen molar-refractivity contribution >= 4 is 0 Å². The first-order valence-corrected chi connectivity index (χ1v) is 5.96. The van der Waals surface area contributed by atoms with Gasteiger partial charge in [-0.3, -0.25) is 4.68 Å². The second kappa shape index (κ2) is 4.90. The third kappa shape index (κ3) is 2.16. The van der Waals surface area contributed by atoms with Gasteiger partial charge >= 0.3 is 0 Å². The Labute approximate surface area is 107 Å². The molecule has 4 heteroatoms. The Morgan fingerprint density at radius 1 is 1.33 bits per heavy atom. The van der Waals surface area contributed by atoms with Crippen molar-refractivity contribution in [2.24, 2.45) is 7.05 Å². The second-order valence-electron chi connectivity index (χ2n) is 4.54. The number of halogens is 1. The van der Waals surface area contributed by atoms with Crippen LogP contribution in [0.3, 0.4) is 0 Å². The summed E-state index contributed by atoms with van der Waals surface area (Å²) in [6, 6.07) is 5.25. The second-order valence-corrected chi connectivity index (χ2v) is 4.54. The molecule has 0 aliphatic carbocycles. The van der Waals surface area contributed by atoms with Crippen molar-refractivity contribution in [2.75, 3.05) is 7.05 Å². The Balaban J connectivity index is 2.45. The molecular weight excluding hydrogens is 229 g/mol. The van der Waals surface area contributed by atoms with E-state index >= 15 is 0 Å². The summed E-state index contributed by atoms with van der Waals surface area (Å²) >= 11 is 0. The molecule has 0 aliphatic heterocycles. The molecule has 1 aromatic carbocycles. The van der Waals surface area contributed by atoms with Crippen LogP contribution in [0.2, 0.25) is 0 Å². The fourth-order valence-corrected chi connectivity index (χ4v) is 2.15. The summed E-state index contributed by atoms with van der Waals surface area (Å²) in [6.45, 7) is 3.81. The summed E-state index contributed by atoms with van der Waals surface area (Å²) in [6.07, 6.45) is 1.86. The Morgan fingerprint density at radius 2 is 2.06 bits per heavy atom. The summed E-state index contributed by atoms with van der Waals surface area (Å²) in [5, 5.41) is 7.51. The van der Waals surface area contributed by atoms with Crippen molar-refractivity contribution in [2.45, 2.75) is 19.9 Å². The third-order valence-corrected chi connectivity index (χ3v) is 3.39. The minimum Gasteiger partial charge on any atom is -0.309 e. The van der Waals surface area contributed by atoms with Gasteiger partial charge in [-0.1, -0.05) is 12.1 Å². The van der Waals surface area contributed by atoms with E-state index in [4.69, 9.17) is 0 Å². The average Bonchev–Trinajstić information content (AvgIpc) is 2.67. The van der Waals surface area contributed by atoms with Crippen molar-refractivity contribution in [1.82, 2.24) is 15.1 Å². The lowest BCUT2D eigenvalue weighted by Gasteiger charge is -2.17. The van der Waals surface area contributed by atoms with E-state index < -0.39 is 0 Å². The van der Waals surface area contributed by atoms with Gasteiger partial charge < -0.3 is 5.32 Å². The molecule has 1 atom stereocenters. The number of nitrogens with one attached hydrogen (secondary N) is 1. The Morgan fingerprint density at radius 3 is 2.56 bits per heavy atom. The summed E-state index contributed by atoms with van der Waals surface area (Å²) in [4.78, 5) is 0. The van der Waals surface area contributed by atoms with Crippen LogP contribution >= 0.6 is 0 Å². The minimum atomic E-state index is -0.170. The van der Waals surface area contributed by atoms with E-state index in [-0.39, 0.29) is 11.9 Å². The Bertz CT molecular complexity index is 560. The molecule has 1 unspecified atom stereocenters. The first kappa shape index (κ1) is 12.8. The van der Waals surface area contributed by atoms with Crippen molar-refractivity contribution in [1.29, 1.82) is 0 Å². The SMILES string of the molecule is CNC(c1ccc(F)c(C)c1)c1cnn(C)c1C. The molecule has 3 nitrogen and oxygen atoms in total. The monoisotopic (exact) mass is 247 g/mol. The highest BCUT2D eigenvalue weighted by molar-refractivity contribution is 5.35. The van der Waals surface area contributed by atoms with Crippen LogP contribution in [0, 0.1) is 19.7 Å². The van der Waals surface area contributed by atoms with Crippen LogP contribution in [-0.2, 0) is 7.05 Å². The lowest BCUT2D eigenvalue weighted by Crippen LogP contribution is -2.18. The van der Waals surface area contributed by atoms with Gasteiger partial charge in [-0.2, -0.15) is 5.10 Å². The summed E-state index contributed by atoms with van der Waals surface area (Å²) in [7, 11) is 3.82. The molecule has 0 aliphatic rings. The molecule has 0 radical (unpaired) electrons. The zero-order valence-corrected chi connectivity index (χ0v) is 11.2. The van der Waals surface area contributed by atoms with Gasteiger partial charge in [0.2, 0.25) is 0 Å². The number of benzene rings is 1. The van der Waals surface area contributed by atoms with Gasteiger partial charge in [-0.05, 0) is 38.1 Å². The van der Waals surface area contributed by atoms with E-state index in [1.807, 2.05) is 44.0 Å². The molecule has 0 saturated carbocycles. The first-order chi connectivity index (χ1) is 8.54. The molecule has 0 spiro atoms. The van der Waals surface area contributed by atoms with Gasteiger partial charge in [0.1, 0.15) is 5.82 Å². The van der Waals surface area contributed by atoms with Crippen molar-refractivity contribution < 1.29 is 4.39 Å². The summed E-state index contributed by atoms with van der Waals surface area (Å²) in [5.41, 5.74) is 3.93. The zero-order chi connectivity index (χ0) is 13.3. The highest BCUT2D eigenvalue weighted by atomic mass is 19.1. The van der Waals surface area contributed by atoms with Gasteiger partial charge in [0.25, 0.3) is 0 Å². The minimum absolute atomic E-state index is 0.0398. The van der Waals surface area contributed by atoms with Crippen molar-refractivity contribution in [3.05, 3.63) is 52.6 Å². The van der Waals surface area contributed by atoms with Crippen LogP contribution in [0.4, 0.5) is 4.39 Å². The molecule has 18 heavy (non-hydrogen) atoms. The van der Waals surface area contributed by atoms with E-state index in [0.29, 0.717) is 5.56 Å². The molecule has 0 fully saturated rings. The molecule has 0 bridgehead atoms. The zero-order valence-electron chi connectivity index (χ0n) is 11.2. The van der Waals surface area contributed by atoms with E-state index in [9.17, 15) is 4.39 Å². The lowest BCUT2D eigenvalue weighted by molar-refractivity contribution is 0.613. The fourth-order valence-electron chi connectivity index (χ4n) is 2.15. The lowest BCUT2D eigenvalue weighted by atomic mass is 9.98. The molecule has 0 saturated heterocycles. The average molecular weight is 247 g/mol. The molecular formula is C14H18FN3. The topological polar surface area (TPSA) is 29.9 Å². The molecule has 1 N–H and O–H groups in total. The Kier molecular flexibility index (Phi) is 3.48. The summed E-state index contributed by atoms with van der Waals surface area (Å²) in [5.74, 6) is -0.170. The number of aryl methyl sites for hydroxylation is 2. The molecule has 0 amide bonds. The van der Waals surface area contributed by atoms with Crippen LogP contribution in [0.25, 0.3) is 0 Å². The predicted octanol–water partition coefficient (Wildman–Crippen LogP) is 2.48. The van der Waals surface area contributed by atoms with E-state index in [2.05, 4.69) is 10.4 Å². The van der Waals surface area contributed by atoms with Crippen LogP contribution in [0.5, 0.6) is 0 Å². The number of rotatable bonds is 3. The largest absolute Gasteiger partial charge is 0.309 e. The number of hydrogen-bond donors (Lipinski definition) is 1. The van der Waals surface area contributed by atoms with Crippen molar-refractivity contribution in [3.8, 4) is 0 Å². The van der Waals surface area contributed by atoms with Crippen molar-refractivity contribution in [3.63, 3.8) is 0 Å². The first-order valence-electron chi connectivity index (χ1n) is 5.96. The maximum absolute atomic E-state index is 13.3. The molecule has 2 rings (SSSR count). The van der Waals surface area contributed by atoms with Gasteiger partial charge in [0.05, 0.1) is 12.2 Å². The number of nitrogens with zero attached hydrogens (tertiary/aromatic N) is 2. The Hall–Kier alpha value is -1.68. The van der Waals surface area contributed by atoms with E-state index in [0.717, 1.165) is 16.8 Å².